The Labute approximate surface area is 501 Å². The first-order valence-electron chi connectivity index (χ1n) is 31.1. The van der Waals surface area contributed by atoms with Crippen LogP contribution in [0.3, 0.4) is 0 Å². The van der Waals surface area contributed by atoms with E-state index in [1.165, 1.54) is 69.5 Å². The Morgan fingerprint density at radius 2 is 1.35 bits per heavy atom. The fourth-order valence-electron chi connectivity index (χ4n) is 11.1. The maximum atomic E-state index is 15.2. The van der Waals surface area contributed by atoms with Crippen LogP contribution in [0.15, 0.2) is 60.7 Å². The lowest BCUT2D eigenvalue weighted by Gasteiger charge is -2.43. The molecule has 0 spiro atoms. The van der Waals surface area contributed by atoms with E-state index in [1.807, 2.05) is 13.8 Å². The molecule has 6 rings (SSSR count). The molecule has 0 aliphatic carbocycles. The van der Waals surface area contributed by atoms with Crippen LogP contribution in [-0.4, -0.2) is 117 Å². The average Bonchev–Trinajstić information content (AvgIpc) is 2.69. The lowest BCUT2D eigenvalue weighted by atomic mass is 9.86. The molecule has 3 aromatic carbocycles. The number of ether oxygens (including phenoxy) is 3. The highest BCUT2D eigenvalue weighted by Crippen LogP contribution is 2.46. The van der Waals surface area contributed by atoms with Gasteiger partial charge in [-0.1, -0.05) is 167 Å². The van der Waals surface area contributed by atoms with Crippen molar-refractivity contribution in [2.24, 2.45) is 11.7 Å². The van der Waals surface area contributed by atoms with E-state index in [0.29, 0.717) is 18.4 Å². The number of nitrogens with one attached hydrogen (secondary N) is 5. The van der Waals surface area contributed by atoms with Crippen LogP contribution >= 0.6 is 0 Å². The third kappa shape index (κ3) is 22.5. The van der Waals surface area contributed by atoms with E-state index in [1.54, 1.807) is 30.3 Å². The van der Waals surface area contributed by atoms with Gasteiger partial charge < -0.3 is 67.0 Å². The fourth-order valence-corrected chi connectivity index (χ4v) is 11.1. The summed E-state index contributed by atoms with van der Waals surface area (Å²) in [6.07, 6.45) is 10.1. The van der Waals surface area contributed by atoms with Crippen molar-refractivity contribution in [1.82, 2.24) is 26.6 Å². The molecule has 3 aliphatic rings. The summed E-state index contributed by atoms with van der Waals surface area (Å²) in [4.78, 5) is 83.3. The number of fused-ring (bicyclic) bond motifs is 9. The number of rotatable bonds is 34. The minimum Gasteiger partial charge on any atom is -0.492 e. The summed E-state index contributed by atoms with van der Waals surface area (Å²) in [6, 6.07) is 9.16. The van der Waals surface area contributed by atoms with Gasteiger partial charge in [-0.3, -0.25) is 34.1 Å². The third-order valence-electron chi connectivity index (χ3n) is 15.9. The third-order valence-corrected chi connectivity index (χ3v) is 15.9. The van der Waals surface area contributed by atoms with Crippen LogP contribution in [0.2, 0.25) is 0 Å². The van der Waals surface area contributed by atoms with Crippen LogP contribution in [0.25, 0.3) is 0 Å². The van der Waals surface area contributed by atoms with Crippen LogP contribution in [0, 0.1) is 16.0 Å². The molecule has 0 saturated carbocycles. The van der Waals surface area contributed by atoms with Crippen molar-refractivity contribution >= 4 is 35.2 Å². The zero-order valence-corrected chi connectivity index (χ0v) is 50.7. The SMILES string of the molecule is CCCCCCCCCCCC(=O)N[C@@H]1[C@@H](O)[C@H](O)[C@@H](CO)O[C@H]1c1cc2cc(c1OC)Oc1ccc(cc1[N+](=O)[O-])C[C@@H](NC(=O)[C@H](N)CC(C)C)C(=O)N[C@@H](Cc1ccccc1)C(=O)N[C@@H]2C[C@@H](O)NC(=O)CCCCCCCCCCC. The van der Waals surface area contributed by atoms with E-state index in [4.69, 9.17) is 19.9 Å². The van der Waals surface area contributed by atoms with Crippen molar-refractivity contribution in [2.45, 2.75) is 243 Å². The lowest BCUT2D eigenvalue weighted by molar-refractivity contribution is -0.385. The molecule has 0 radical (unpaired) electrons. The van der Waals surface area contributed by atoms with Crippen molar-refractivity contribution in [1.29, 1.82) is 0 Å². The molecular weight excluding hydrogens is 1090 g/mol. The second kappa shape index (κ2) is 36.7. The van der Waals surface area contributed by atoms with E-state index < -0.39 is 114 Å². The van der Waals surface area contributed by atoms with Crippen molar-refractivity contribution in [3.63, 3.8) is 0 Å². The maximum Gasteiger partial charge on any atom is 0.311 e. The topological polar surface area (TPSA) is 323 Å². The van der Waals surface area contributed by atoms with Gasteiger partial charge in [0.2, 0.25) is 35.3 Å². The molecule has 472 valence electrons. The smallest absolute Gasteiger partial charge is 0.311 e. The molecule has 11 N–H and O–H groups in total. The number of amides is 5. The first-order valence-corrected chi connectivity index (χ1v) is 31.1. The van der Waals surface area contributed by atoms with Crippen molar-refractivity contribution < 1.29 is 63.5 Å². The number of hydrogen-bond donors (Lipinski definition) is 10. The normalized spacial score (nSPS) is 21.5. The van der Waals surface area contributed by atoms with E-state index in [2.05, 4.69) is 40.4 Å². The number of carbonyl (C=O) groups excluding carboxylic acids is 5. The predicted molar refractivity (Wildman–Crippen MR) is 323 cm³/mol. The highest BCUT2D eigenvalue weighted by Gasteiger charge is 2.47. The monoisotopic (exact) mass is 1190 g/mol. The molecule has 0 aromatic heterocycles. The van der Waals surface area contributed by atoms with E-state index in [0.717, 1.165) is 70.6 Å². The lowest BCUT2D eigenvalue weighted by Crippen LogP contribution is -2.61. The second-order valence-corrected chi connectivity index (χ2v) is 23.4. The molecule has 21 heteroatoms. The molecule has 4 bridgehead atoms. The summed E-state index contributed by atoms with van der Waals surface area (Å²) in [5, 5.41) is 72.7. The van der Waals surface area contributed by atoms with E-state index in [-0.39, 0.29) is 72.0 Å². The number of nitro benzene ring substituents is 1. The van der Waals surface area contributed by atoms with Crippen LogP contribution in [-0.2, 0) is 41.6 Å². The number of nitro groups is 1. The minimum atomic E-state index is -1.74. The van der Waals surface area contributed by atoms with Gasteiger partial charge in [0.1, 0.15) is 42.7 Å². The number of methoxy groups -OCH3 is 1. The van der Waals surface area contributed by atoms with Crippen LogP contribution in [0.4, 0.5) is 5.69 Å². The Hall–Kier alpha value is -6.23. The van der Waals surface area contributed by atoms with Gasteiger partial charge in [-0.25, -0.2) is 0 Å². The first kappa shape index (κ1) is 69.5. The fraction of sp³-hybridized carbons (Fsp3) is 0.641. The standard InChI is InChI=1S/C64H97N7O14/c1-6-8-10-12-14-16-18-20-25-29-54(73)69-56(75)39-47-44-37-45(61-57(59(77)58(76)53(40-72)85-61)70-55(74)30-26-21-19-17-15-13-11-9-7-2)60(83-5)52(38-44)84-51-32-31-43(36-50(51)71(81)82)35-49(67-62(78)46(65)33-41(3)4)64(80)68-48(63(79)66-47)34-42-27-23-22-24-28-42/h22-24,27-28,31-32,36-38,41,46-49,53,56-59,61,72,75-77H,6-21,25-26,29-30,33-35,39-40,65H2,1-5H3,(H,66,79)(H,67,78)(H,68,80)(H,69,73)(H,70,74)/t46-,47-,48+,49-,53-,56-,57-,58-,59-,61+/m1/s1. The highest BCUT2D eigenvalue weighted by atomic mass is 16.6. The van der Waals surface area contributed by atoms with E-state index >= 15 is 4.79 Å². The Morgan fingerprint density at radius 1 is 0.765 bits per heavy atom. The average molecular weight is 1190 g/mol. The Morgan fingerprint density at radius 3 is 1.93 bits per heavy atom. The first-order chi connectivity index (χ1) is 40.9. The summed E-state index contributed by atoms with van der Waals surface area (Å²) >= 11 is 0. The molecular formula is C64H97N7O14. The second-order valence-electron chi connectivity index (χ2n) is 23.4. The molecule has 3 heterocycles. The largest absolute Gasteiger partial charge is 0.492 e. The van der Waals surface area contributed by atoms with Crippen molar-refractivity contribution in [3.8, 4) is 17.2 Å². The zero-order chi connectivity index (χ0) is 61.8. The number of hydrogen-bond acceptors (Lipinski definition) is 15. The zero-order valence-electron chi connectivity index (χ0n) is 50.7. The summed E-state index contributed by atoms with van der Waals surface area (Å²) < 4.78 is 18.9. The number of carbonyl (C=O) groups is 5. The Balaban J connectivity index is 1.64. The number of nitrogens with zero attached hydrogens (tertiary/aromatic N) is 1. The molecule has 0 unspecified atom stereocenters. The molecule has 10 atom stereocenters. The minimum absolute atomic E-state index is 0.0168. The van der Waals surface area contributed by atoms with Gasteiger partial charge in [-0.2, -0.15) is 0 Å². The number of benzene rings is 3. The summed E-state index contributed by atoms with van der Waals surface area (Å²) in [5.41, 5.74) is 6.74. The van der Waals surface area contributed by atoms with Crippen LogP contribution in [0.5, 0.6) is 17.2 Å². The van der Waals surface area contributed by atoms with Crippen molar-refractivity contribution in [2.75, 3.05) is 13.7 Å². The van der Waals surface area contributed by atoms with Crippen LogP contribution in [0.1, 0.15) is 203 Å². The van der Waals surface area contributed by atoms with Gasteiger partial charge in [0.05, 0.1) is 36.8 Å². The molecule has 3 aromatic rings. The summed E-state index contributed by atoms with van der Waals surface area (Å²) in [7, 11) is 1.29. The number of nitrogens with two attached hydrogens (primary N) is 1. The number of aliphatic hydroxyl groups excluding tert-OH is 4. The molecule has 3 aliphatic heterocycles. The summed E-state index contributed by atoms with van der Waals surface area (Å²) in [6.45, 7) is 7.34. The molecule has 85 heavy (non-hydrogen) atoms. The maximum absolute atomic E-state index is 15.2. The van der Waals surface area contributed by atoms with Crippen molar-refractivity contribution in [3.05, 3.63) is 93.0 Å². The highest BCUT2D eigenvalue weighted by molar-refractivity contribution is 5.93. The molecule has 5 amide bonds. The van der Waals surface area contributed by atoms with Gasteiger partial charge >= 0.3 is 5.69 Å². The van der Waals surface area contributed by atoms with Gasteiger partial charge in [0, 0.05) is 43.7 Å². The predicted octanol–water partition coefficient (Wildman–Crippen LogP) is 8.00. The Kier molecular flexibility index (Phi) is 30.0. The van der Waals surface area contributed by atoms with Gasteiger partial charge in [-0.15, -0.1) is 0 Å². The number of unbranched alkanes of at least 4 members (excludes halogenated alkanes) is 16. The number of aliphatic hydroxyl groups is 4. The molecule has 21 nitrogen and oxygen atoms in total. The van der Waals surface area contributed by atoms with Gasteiger partial charge in [-0.05, 0) is 60.1 Å². The summed E-state index contributed by atoms with van der Waals surface area (Å²) in [5.74, 6) is -3.78. The quantitative estimate of drug-likeness (QED) is 0.0117. The molecule has 1 saturated heterocycles. The van der Waals surface area contributed by atoms with Gasteiger partial charge in [0.25, 0.3) is 0 Å². The Bertz CT molecular complexity index is 2570. The molecule has 1 fully saturated rings. The van der Waals surface area contributed by atoms with Crippen LogP contribution < -0.4 is 41.8 Å². The van der Waals surface area contributed by atoms with E-state index in [9.17, 15) is 49.7 Å². The van der Waals surface area contributed by atoms with Gasteiger partial charge in [0.15, 0.2) is 11.5 Å².